The highest BCUT2D eigenvalue weighted by atomic mass is 127. The monoisotopic (exact) mass is 562 g/mol. The van der Waals surface area contributed by atoms with Crippen molar-refractivity contribution in [2.45, 2.75) is 40.0 Å². The van der Waals surface area contributed by atoms with Gasteiger partial charge in [-0.25, -0.2) is 4.99 Å². The number of rotatable bonds is 11. The van der Waals surface area contributed by atoms with Crippen molar-refractivity contribution in [1.82, 2.24) is 10.6 Å². The van der Waals surface area contributed by atoms with E-state index in [2.05, 4.69) is 20.4 Å². The van der Waals surface area contributed by atoms with Gasteiger partial charge in [-0.3, -0.25) is 4.79 Å². The van der Waals surface area contributed by atoms with Crippen LogP contribution in [0.2, 0.25) is 0 Å². The van der Waals surface area contributed by atoms with E-state index in [1.165, 1.54) is 6.07 Å². The summed E-state index contributed by atoms with van der Waals surface area (Å²) in [4.78, 5) is 15.8. The zero-order valence-electron chi connectivity index (χ0n) is 18.1. The Morgan fingerprint density at radius 1 is 1.16 bits per heavy atom. The van der Waals surface area contributed by atoms with Gasteiger partial charge < -0.3 is 25.8 Å². The highest BCUT2D eigenvalue weighted by Crippen LogP contribution is 2.26. The number of primary amides is 1. The quantitative estimate of drug-likeness (QED) is 0.218. The van der Waals surface area contributed by atoms with E-state index in [4.69, 9.17) is 10.5 Å². The number of guanidine groups is 1. The number of hydrogen-bond donors (Lipinski definition) is 3. The van der Waals surface area contributed by atoms with Gasteiger partial charge in [0.05, 0.1) is 13.2 Å². The summed E-state index contributed by atoms with van der Waals surface area (Å²) in [6.07, 6.45) is 0.805. The van der Waals surface area contributed by atoms with Gasteiger partial charge in [-0.15, -0.1) is 24.0 Å². The standard InChI is InChI=1S/C22H28F2N4O3.HI/c1-3-10-30-18-9-8-17(19(12-18)31-21(23)24)14-28-22(26-4-2)27-13-15-6-5-7-16(11-15)20(25)29;/h5-9,11-12,21H,3-4,10,13-14H2,1-2H3,(H2,25,29)(H2,26,27,28);1H. The summed E-state index contributed by atoms with van der Waals surface area (Å²) < 4.78 is 35.9. The van der Waals surface area contributed by atoms with Gasteiger partial charge >= 0.3 is 6.61 Å². The molecule has 0 spiro atoms. The Kier molecular flexibility index (Phi) is 12.4. The number of hydrogen-bond acceptors (Lipinski definition) is 4. The number of ether oxygens (including phenoxy) is 2. The van der Waals surface area contributed by atoms with E-state index >= 15 is 0 Å². The predicted molar refractivity (Wildman–Crippen MR) is 131 cm³/mol. The van der Waals surface area contributed by atoms with Crippen molar-refractivity contribution in [2.75, 3.05) is 13.2 Å². The molecule has 0 aliphatic carbocycles. The number of halogens is 3. The molecule has 0 saturated heterocycles. The first-order chi connectivity index (χ1) is 14.9. The molecule has 0 aliphatic rings. The van der Waals surface area contributed by atoms with Crippen LogP contribution >= 0.6 is 24.0 Å². The second-order valence-corrected chi connectivity index (χ2v) is 6.61. The lowest BCUT2D eigenvalue weighted by Gasteiger charge is -2.16. The minimum Gasteiger partial charge on any atom is -0.493 e. The molecule has 32 heavy (non-hydrogen) atoms. The number of nitrogens with two attached hydrogens (primary N) is 1. The number of alkyl halides is 2. The fourth-order valence-corrected chi connectivity index (χ4v) is 2.71. The minimum absolute atomic E-state index is 0. The number of benzene rings is 2. The fourth-order valence-electron chi connectivity index (χ4n) is 2.71. The minimum atomic E-state index is -2.94. The molecule has 2 aromatic rings. The maximum absolute atomic E-state index is 12.8. The number of aliphatic imine (C=N–C) groups is 1. The Labute approximate surface area is 203 Å². The molecule has 0 aromatic heterocycles. The highest BCUT2D eigenvalue weighted by Gasteiger charge is 2.12. The SMILES string of the molecule is CCCOc1ccc(CNC(=NCc2cccc(C(N)=O)c2)NCC)c(OC(F)F)c1.I. The van der Waals surface area contributed by atoms with Crippen molar-refractivity contribution in [1.29, 1.82) is 0 Å². The molecule has 1 amide bonds. The number of amides is 1. The molecule has 0 unspecified atom stereocenters. The third-order valence-corrected chi connectivity index (χ3v) is 4.15. The molecule has 4 N–H and O–H groups in total. The molecular weight excluding hydrogens is 533 g/mol. The van der Waals surface area contributed by atoms with E-state index in [-0.39, 0.29) is 36.3 Å². The summed E-state index contributed by atoms with van der Waals surface area (Å²) in [7, 11) is 0. The Hall–Kier alpha value is -2.63. The molecule has 0 aliphatic heterocycles. The van der Waals surface area contributed by atoms with Gasteiger partial charge in [-0.2, -0.15) is 8.78 Å². The lowest BCUT2D eigenvalue weighted by Crippen LogP contribution is -2.36. The summed E-state index contributed by atoms with van der Waals surface area (Å²) in [6, 6.07) is 11.7. The number of carbonyl (C=O) groups is 1. The van der Waals surface area contributed by atoms with Crippen LogP contribution in [0.5, 0.6) is 11.5 Å². The Bertz CT molecular complexity index is 897. The molecular formula is C22H29F2IN4O3. The average molecular weight is 562 g/mol. The van der Waals surface area contributed by atoms with Crippen LogP contribution in [-0.2, 0) is 13.1 Å². The Morgan fingerprint density at radius 3 is 2.59 bits per heavy atom. The van der Waals surface area contributed by atoms with Gasteiger partial charge in [-0.1, -0.05) is 19.1 Å². The molecule has 0 saturated carbocycles. The van der Waals surface area contributed by atoms with Gasteiger partial charge in [0.2, 0.25) is 5.91 Å². The largest absolute Gasteiger partial charge is 0.493 e. The van der Waals surface area contributed by atoms with Crippen molar-refractivity contribution in [3.8, 4) is 11.5 Å². The molecule has 176 valence electrons. The first kappa shape index (κ1) is 27.4. The summed E-state index contributed by atoms with van der Waals surface area (Å²) >= 11 is 0. The summed E-state index contributed by atoms with van der Waals surface area (Å²) in [6.45, 7) is 2.54. The number of nitrogens with zero attached hydrogens (tertiary/aromatic N) is 1. The second kappa shape index (κ2) is 14.4. The Balaban J connectivity index is 0.00000512. The maximum Gasteiger partial charge on any atom is 0.387 e. The highest BCUT2D eigenvalue weighted by molar-refractivity contribution is 14.0. The number of nitrogens with one attached hydrogen (secondary N) is 2. The molecule has 0 bridgehead atoms. The van der Waals surface area contributed by atoms with Gasteiger partial charge in [0.15, 0.2) is 5.96 Å². The van der Waals surface area contributed by atoms with E-state index in [9.17, 15) is 13.6 Å². The van der Waals surface area contributed by atoms with Gasteiger partial charge in [0.1, 0.15) is 11.5 Å². The van der Waals surface area contributed by atoms with Crippen molar-refractivity contribution in [3.63, 3.8) is 0 Å². The topological polar surface area (TPSA) is 98.0 Å². The van der Waals surface area contributed by atoms with Gasteiger partial charge in [-0.05, 0) is 43.2 Å². The summed E-state index contributed by atoms with van der Waals surface area (Å²) in [5.41, 5.74) is 7.06. The second-order valence-electron chi connectivity index (χ2n) is 6.61. The lowest BCUT2D eigenvalue weighted by molar-refractivity contribution is -0.0505. The Morgan fingerprint density at radius 2 is 1.94 bits per heavy atom. The summed E-state index contributed by atoms with van der Waals surface area (Å²) in [5, 5.41) is 6.20. The van der Waals surface area contributed by atoms with Gasteiger partial charge in [0, 0.05) is 30.3 Å². The molecule has 0 fully saturated rings. The molecule has 0 radical (unpaired) electrons. The van der Waals surface area contributed by atoms with E-state index in [1.54, 1.807) is 30.3 Å². The van der Waals surface area contributed by atoms with E-state index in [1.807, 2.05) is 19.9 Å². The van der Waals surface area contributed by atoms with Crippen LogP contribution in [0, 0.1) is 0 Å². The van der Waals surface area contributed by atoms with Crippen LogP contribution in [0.15, 0.2) is 47.5 Å². The predicted octanol–water partition coefficient (Wildman–Crippen LogP) is 4.05. The van der Waals surface area contributed by atoms with E-state index < -0.39 is 12.5 Å². The molecule has 0 heterocycles. The van der Waals surface area contributed by atoms with Crippen LogP contribution in [0.25, 0.3) is 0 Å². The van der Waals surface area contributed by atoms with E-state index in [0.717, 1.165) is 12.0 Å². The lowest BCUT2D eigenvalue weighted by atomic mass is 10.1. The fraction of sp³-hybridized carbons (Fsp3) is 0.364. The smallest absolute Gasteiger partial charge is 0.387 e. The van der Waals surface area contributed by atoms with Crippen molar-refractivity contribution in [2.24, 2.45) is 10.7 Å². The molecule has 2 rings (SSSR count). The van der Waals surface area contributed by atoms with Crippen molar-refractivity contribution in [3.05, 3.63) is 59.2 Å². The van der Waals surface area contributed by atoms with Crippen LogP contribution in [0.3, 0.4) is 0 Å². The normalized spacial score (nSPS) is 11.0. The number of carbonyl (C=O) groups excluding carboxylic acids is 1. The molecule has 10 heteroatoms. The van der Waals surface area contributed by atoms with Gasteiger partial charge in [0.25, 0.3) is 0 Å². The molecule has 2 aromatic carbocycles. The van der Waals surface area contributed by atoms with E-state index in [0.29, 0.717) is 42.5 Å². The summed E-state index contributed by atoms with van der Waals surface area (Å²) in [5.74, 6) is 0.493. The molecule has 0 atom stereocenters. The van der Waals surface area contributed by atoms with Crippen LogP contribution in [-0.4, -0.2) is 31.6 Å². The third-order valence-electron chi connectivity index (χ3n) is 4.15. The van der Waals surface area contributed by atoms with Crippen molar-refractivity contribution >= 4 is 35.8 Å². The third kappa shape index (κ3) is 9.25. The first-order valence-corrected chi connectivity index (χ1v) is 10.0. The van der Waals surface area contributed by atoms with Crippen LogP contribution in [0.4, 0.5) is 8.78 Å². The van der Waals surface area contributed by atoms with Crippen molar-refractivity contribution < 1.29 is 23.0 Å². The van der Waals surface area contributed by atoms with Crippen LogP contribution in [0.1, 0.15) is 41.8 Å². The zero-order valence-corrected chi connectivity index (χ0v) is 20.4. The van der Waals surface area contributed by atoms with Crippen LogP contribution < -0.4 is 25.8 Å². The zero-order chi connectivity index (χ0) is 22.6. The average Bonchev–Trinajstić information content (AvgIpc) is 2.74. The maximum atomic E-state index is 12.8. The molecule has 7 nitrogen and oxygen atoms in total. The first-order valence-electron chi connectivity index (χ1n) is 10.0.